The Bertz CT molecular complexity index is 96.4. The summed E-state index contributed by atoms with van der Waals surface area (Å²) in [7, 11) is 0. The molecule has 4 rings (SSSR count). The maximum Gasteiger partial charge on any atom is -0.0406 e. The van der Waals surface area contributed by atoms with Gasteiger partial charge in [0, 0.05) is 0 Å². The van der Waals surface area contributed by atoms with Gasteiger partial charge in [0.1, 0.15) is 0 Å². The molecule has 1 heteroatoms. The first-order chi connectivity index (χ1) is 4.90. The molecule has 0 saturated heterocycles. The summed E-state index contributed by atoms with van der Waals surface area (Å²) in [6.07, 6.45) is 9.62. The normalized spacial score (nSPS) is 52.4. The van der Waals surface area contributed by atoms with Crippen LogP contribution in [-0.2, 0) is 0 Å². The molecule has 0 aromatic carbocycles. The first kappa shape index (κ1) is 7.97. The highest BCUT2D eigenvalue weighted by Crippen LogP contribution is 2.53. The molecule has 4 bridgehead atoms. The van der Waals surface area contributed by atoms with Crippen molar-refractivity contribution in [2.24, 2.45) is 23.7 Å². The zero-order chi connectivity index (χ0) is 6.55. The third-order valence-electron chi connectivity index (χ3n) is 4.00. The first-order valence-electron chi connectivity index (χ1n) is 4.90. The van der Waals surface area contributed by atoms with Crippen LogP contribution in [0.3, 0.4) is 0 Å². The van der Waals surface area contributed by atoms with E-state index in [9.17, 15) is 0 Å². The molecule has 0 aliphatic heterocycles. The zero-order valence-corrected chi connectivity index (χ0v) is 8.05. The summed E-state index contributed by atoms with van der Waals surface area (Å²) in [6, 6.07) is 0. The van der Waals surface area contributed by atoms with E-state index in [4.69, 9.17) is 0 Å². The summed E-state index contributed by atoms with van der Waals surface area (Å²) in [5, 5.41) is 0. The molecular formula is C10H18S. The van der Waals surface area contributed by atoms with Gasteiger partial charge in [-0.1, -0.05) is 0 Å². The molecule has 0 spiro atoms. The van der Waals surface area contributed by atoms with Crippen LogP contribution in [0.4, 0.5) is 0 Å². The van der Waals surface area contributed by atoms with Crippen molar-refractivity contribution in [3.8, 4) is 0 Å². The van der Waals surface area contributed by atoms with Gasteiger partial charge >= 0.3 is 0 Å². The topological polar surface area (TPSA) is 0 Å². The van der Waals surface area contributed by atoms with Gasteiger partial charge in [-0.25, -0.2) is 0 Å². The standard InChI is InChI=1S/C10H16.H2S/c1-7-2-9-4-8(1)5-10(3-7)6-9;/h7-10H,1-6H2;1H2. The second-order valence-electron chi connectivity index (χ2n) is 4.88. The van der Waals surface area contributed by atoms with Crippen LogP contribution in [0.15, 0.2) is 0 Å². The molecule has 0 atom stereocenters. The second kappa shape index (κ2) is 2.69. The van der Waals surface area contributed by atoms with Gasteiger partial charge in [0.2, 0.25) is 0 Å². The van der Waals surface area contributed by atoms with E-state index in [1.165, 1.54) is 23.7 Å². The van der Waals surface area contributed by atoms with Crippen molar-refractivity contribution >= 4 is 13.5 Å². The van der Waals surface area contributed by atoms with Gasteiger partial charge in [0.25, 0.3) is 0 Å². The lowest BCUT2D eigenvalue weighted by atomic mass is 9.56. The molecule has 64 valence electrons. The van der Waals surface area contributed by atoms with Crippen LogP contribution in [0.2, 0.25) is 0 Å². The molecule has 0 unspecified atom stereocenters. The minimum Gasteiger partial charge on any atom is -0.197 e. The third-order valence-corrected chi connectivity index (χ3v) is 4.00. The summed E-state index contributed by atoms with van der Waals surface area (Å²) in [5.41, 5.74) is 0. The van der Waals surface area contributed by atoms with Crippen molar-refractivity contribution in [3.63, 3.8) is 0 Å². The van der Waals surface area contributed by atoms with Gasteiger partial charge < -0.3 is 0 Å². The number of hydrogen-bond donors (Lipinski definition) is 0. The monoisotopic (exact) mass is 170 g/mol. The summed E-state index contributed by atoms with van der Waals surface area (Å²) in [5.74, 6) is 4.71. The quantitative estimate of drug-likeness (QED) is 0.524. The minimum atomic E-state index is 0. The van der Waals surface area contributed by atoms with Crippen LogP contribution >= 0.6 is 13.5 Å². The fraction of sp³-hybridized carbons (Fsp3) is 1.00. The largest absolute Gasteiger partial charge is 0.197 e. The van der Waals surface area contributed by atoms with Crippen LogP contribution < -0.4 is 0 Å². The maximum absolute atomic E-state index is 1.60. The second-order valence-corrected chi connectivity index (χ2v) is 4.88. The predicted octanol–water partition coefficient (Wildman–Crippen LogP) is 2.95. The van der Waals surface area contributed by atoms with Crippen LogP contribution in [0.5, 0.6) is 0 Å². The summed E-state index contributed by atoms with van der Waals surface area (Å²) < 4.78 is 0. The van der Waals surface area contributed by atoms with Gasteiger partial charge in [-0.15, -0.1) is 0 Å². The van der Waals surface area contributed by atoms with E-state index in [0.717, 1.165) is 0 Å². The molecule has 4 saturated carbocycles. The third kappa shape index (κ3) is 1.22. The Labute approximate surface area is 76.2 Å². The average molecular weight is 170 g/mol. The van der Waals surface area contributed by atoms with E-state index < -0.39 is 0 Å². The smallest absolute Gasteiger partial charge is 0.0406 e. The van der Waals surface area contributed by atoms with Crippen LogP contribution in [0.25, 0.3) is 0 Å². The van der Waals surface area contributed by atoms with E-state index in [0.29, 0.717) is 0 Å². The molecule has 0 nitrogen and oxygen atoms in total. The highest BCUT2D eigenvalue weighted by atomic mass is 32.1. The molecule has 4 aliphatic rings. The first-order valence-corrected chi connectivity index (χ1v) is 4.90. The van der Waals surface area contributed by atoms with Gasteiger partial charge in [-0.3, -0.25) is 0 Å². The van der Waals surface area contributed by atoms with Gasteiger partial charge in [0.05, 0.1) is 0 Å². The molecule has 0 N–H and O–H groups in total. The van der Waals surface area contributed by atoms with E-state index in [1.807, 2.05) is 0 Å². The zero-order valence-electron chi connectivity index (χ0n) is 7.05. The average Bonchev–Trinajstić information content (AvgIpc) is 1.82. The molecule has 0 amide bonds. The lowest BCUT2D eigenvalue weighted by Gasteiger charge is -2.49. The lowest BCUT2D eigenvalue weighted by molar-refractivity contribution is 0.0198. The molecule has 4 fully saturated rings. The summed E-state index contributed by atoms with van der Waals surface area (Å²) in [6.45, 7) is 0. The Morgan fingerprint density at radius 1 is 0.455 bits per heavy atom. The Morgan fingerprint density at radius 2 is 0.636 bits per heavy atom. The molecule has 11 heavy (non-hydrogen) atoms. The lowest BCUT2D eigenvalue weighted by Crippen LogP contribution is -2.38. The molecular weight excluding hydrogens is 152 g/mol. The highest BCUT2D eigenvalue weighted by molar-refractivity contribution is 7.59. The minimum absolute atomic E-state index is 0. The Balaban J connectivity index is 0.000000480. The van der Waals surface area contributed by atoms with Crippen molar-refractivity contribution in [2.45, 2.75) is 38.5 Å². The molecule has 0 radical (unpaired) electrons. The fourth-order valence-corrected chi connectivity index (χ4v) is 3.98. The van der Waals surface area contributed by atoms with Crippen LogP contribution in [-0.4, -0.2) is 0 Å². The van der Waals surface area contributed by atoms with Crippen LogP contribution in [0.1, 0.15) is 38.5 Å². The van der Waals surface area contributed by atoms with E-state index >= 15 is 0 Å². The van der Waals surface area contributed by atoms with Crippen molar-refractivity contribution in [1.29, 1.82) is 0 Å². The highest BCUT2D eigenvalue weighted by Gasteiger charge is 2.41. The Kier molecular flexibility index (Phi) is 1.95. The molecule has 0 heterocycles. The van der Waals surface area contributed by atoms with Crippen LogP contribution in [0, 0.1) is 23.7 Å². The Morgan fingerprint density at radius 3 is 0.818 bits per heavy atom. The van der Waals surface area contributed by atoms with Crippen molar-refractivity contribution in [2.75, 3.05) is 0 Å². The maximum atomic E-state index is 1.60. The SMILES string of the molecule is C1C2CC3CC1CC(C2)C3.S. The summed E-state index contributed by atoms with van der Waals surface area (Å²) in [4.78, 5) is 0. The van der Waals surface area contributed by atoms with Gasteiger partial charge in [0.15, 0.2) is 0 Å². The fourth-order valence-electron chi connectivity index (χ4n) is 3.98. The van der Waals surface area contributed by atoms with Crippen molar-refractivity contribution in [1.82, 2.24) is 0 Å². The van der Waals surface area contributed by atoms with Crippen molar-refractivity contribution < 1.29 is 0 Å². The Hall–Kier alpha value is 0.350. The van der Waals surface area contributed by atoms with E-state index in [1.54, 1.807) is 38.5 Å². The molecule has 4 aliphatic carbocycles. The van der Waals surface area contributed by atoms with Gasteiger partial charge in [-0.05, 0) is 62.2 Å². The van der Waals surface area contributed by atoms with Gasteiger partial charge in [-0.2, -0.15) is 13.5 Å². The van der Waals surface area contributed by atoms with E-state index in [-0.39, 0.29) is 13.5 Å². The van der Waals surface area contributed by atoms with Crippen molar-refractivity contribution in [3.05, 3.63) is 0 Å². The summed E-state index contributed by atoms with van der Waals surface area (Å²) >= 11 is 0. The predicted molar refractivity (Wildman–Crippen MR) is 52.0 cm³/mol. The number of rotatable bonds is 0. The molecule has 0 aromatic rings. The molecule has 0 aromatic heterocycles. The number of hydrogen-bond acceptors (Lipinski definition) is 0. The van der Waals surface area contributed by atoms with E-state index in [2.05, 4.69) is 0 Å².